The van der Waals surface area contributed by atoms with Crippen molar-refractivity contribution in [3.05, 3.63) is 24.3 Å². The normalized spacial score (nSPS) is 19.5. The number of hydrogen-bond acceptors (Lipinski definition) is 4. The van der Waals surface area contributed by atoms with E-state index in [0.717, 1.165) is 12.8 Å². The predicted octanol–water partition coefficient (Wildman–Crippen LogP) is 1.72. The van der Waals surface area contributed by atoms with Gasteiger partial charge in [-0.1, -0.05) is 0 Å². The summed E-state index contributed by atoms with van der Waals surface area (Å²) < 4.78 is 32.5. The Balaban J connectivity index is 1.64. The average Bonchev–Trinajstić information content (AvgIpc) is 3.39. The minimum absolute atomic E-state index is 0.0459. The average molecular weight is 352 g/mol. The molecule has 1 aromatic rings. The van der Waals surface area contributed by atoms with Crippen molar-refractivity contribution >= 4 is 15.9 Å². The second-order valence-corrected chi connectivity index (χ2v) is 8.58. The number of hydrogen-bond donors (Lipinski definition) is 0. The zero-order valence-corrected chi connectivity index (χ0v) is 15.0. The van der Waals surface area contributed by atoms with E-state index < -0.39 is 10.0 Å². The Labute approximate surface area is 143 Å². The van der Waals surface area contributed by atoms with Gasteiger partial charge in [-0.25, -0.2) is 8.42 Å². The fourth-order valence-electron chi connectivity index (χ4n) is 2.85. The van der Waals surface area contributed by atoms with Crippen LogP contribution in [0.5, 0.6) is 5.75 Å². The van der Waals surface area contributed by atoms with Gasteiger partial charge in [0.1, 0.15) is 5.75 Å². The fourth-order valence-corrected chi connectivity index (χ4v) is 4.27. The minimum Gasteiger partial charge on any atom is -0.491 e. The predicted molar refractivity (Wildman–Crippen MR) is 90.3 cm³/mol. The highest BCUT2D eigenvalue weighted by Crippen LogP contribution is 2.31. The van der Waals surface area contributed by atoms with Gasteiger partial charge in [0.05, 0.1) is 11.0 Å². The molecule has 0 bridgehead atoms. The number of piperazine rings is 1. The molecule has 24 heavy (non-hydrogen) atoms. The largest absolute Gasteiger partial charge is 0.491 e. The van der Waals surface area contributed by atoms with Crippen LogP contribution in [0.4, 0.5) is 0 Å². The minimum atomic E-state index is -3.52. The quantitative estimate of drug-likeness (QED) is 0.809. The van der Waals surface area contributed by atoms with Gasteiger partial charge < -0.3 is 9.64 Å². The molecule has 2 fully saturated rings. The number of rotatable bonds is 5. The molecule has 6 nitrogen and oxygen atoms in total. The maximum absolute atomic E-state index is 12.7. The first-order valence-corrected chi connectivity index (χ1v) is 9.87. The van der Waals surface area contributed by atoms with E-state index in [1.165, 1.54) is 4.31 Å². The highest BCUT2D eigenvalue weighted by molar-refractivity contribution is 7.89. The van der Waals surface area contributed by atoms with E-state index in [1.807, 2.05) is 13.8 Å². The topological polar surface area (TPSA) is 66.9 Å². The van der Waals surface area contributed by atoms with Gasteiger partial charge in [0.25, 0.3) is 0 Å². The maximum Gasteiger partial charge on any atom is 0.243 e. The van der Waals surface area contributed by atoms with E-state index in [0.29, 0.717) is 31.9 Å². The van der Waals surface area contributed by atoms with E-state index >= 15 is 0 Å². The molecule has 0 atom stereocenters. The standard InChI is InChI=1S/C17H24N2O4S/c1-13(2)23-15-5-7-16(8-6-15)24(21,22)19-11-9-18(10-12-19)17(20)14-3-4-14/h5-8,13-14H,3-4,9-12H2,1-2H3. The number of carbonyl (C=O) groups excluding carboxylic acids is 1. The van der Waals surface area contributed by atoms with E-state index in [2.05, 4.69) is 0 Å². The van der Waals surface area contributed by atoms with Crippen molar-refractivity contribution in [3.8, 4) is 5.75 Å². The summed E-state index contributed by atoms with van der Waals surface area (Å²) in [5.74, 6) is 1.02. The highest BCUT2D eigenvalue weighted by Gasteiger charge is 2.36. The van der Waals surface area contributed by atoms with Crippen molar-refractivity contribution in [1.82, 2.24) is 9.21 Å². The Bertz CT molecular complexity index is 688. The van der Waals surface area contributed by atoms with Gasteiger partial charge in [0.2, 0.25) is 15.9 Å². The molecule has 1 aliphatic carbocycles. The van der Waals surface area contributed by atoms with E-state index in [4.69, 9.17) is 4.74 Å². The number of benzene rings is 1. The van der Waals surface area contributed by atoms with Crippen molar-refractivity contribution in [2.75, 3.05) is 26.2 Å². The molecule has 132 valence electrons. The zero-order valence-electron chi connectivity index (χ0n) is 14.1. The van der Waals surface area contributed by atoms with Gasteiger partial charge >= 0.3 is 0 Å². The van der Waals surface area contributed by atoms with Crippen LogP contribution in [0.15, 0.2) is 29.2 Å². The van der Waals surface area contributed by atoms with E-state index in [1.54, 1.807) is 29.2 Å². The lowest BCUT2D eigenvalue weighted by Crippen LogP contribution is -2.50. The Morgan fingerprint density at radius 1 is 1.08 bits per heavy atom. The van der Waals surface area contributed by atoms with Crippen molar-refractivity contribution in [3.63, 3.8) is 0 Å². The lowest BCUT2D eigenvalue weighted by molar-refractivity contribution is -0.133. The number of carbonyl (C=O) groups is 1. The van der Waals surface area contributed by atoms with Crippen molar-refractivity contribution in [2.24, 2.45) is 5.92 Å². The molecule has 0 aromatic heterocycles. The molecule has 1 heterocycles. The Morgan fingerprint density at radius 2 is 1.67 bits per heavy atom. The number of ether oxygens (including phenoxy) is 1. The van der Waals surface area contributed by atoms with Crippen LogP contribution in [0, 0.1) is 5.92 Å². The number of sulfonamides is 1. The Hall–Kier alpha value is -1.60. The van der Waals surface area contributed by atoms with Crippen LogP contribution < -0.4 is 4.74 Å². The summed E-state index contributed by atoms with van der Waals surface area (Å²) in [6.07, 6.45) is 1.99. The summed E-state index contributed by atoms with van der Waals surface area (Å²) in [7, 11) is -3.52. The second kappa shape index (κ2) is 6.72. The molecule has 7 heteroatoms. The van der Waals surface area contributed by atoms with E-state index in [9.17, 15) is 13.2 Å². The van der Waals surface area contributed by atoms with Crippen LogP contribution in [-0.4, -0.2) is 55.8 Å². The molecule has 1 aliphatic heterocycles. The Morgan fingerprint density at radius 3 is 2.17 bits per heavy atom. The van der Waals surface area contributed by atoms with Crippen molar-refractivity contribution < 1.29 is 17.9 Å². The molecule has 0 unspecified atom stereocenters. The molecule has 1 saturated carbocycles. The van der Waals surface area contributed by atoms with Gasteiger partial charge in [-0.05, 0) is 51.0 Å². The van der Waals surface area contributed by atoms with Gasteiger partial charge in [0, 0.05) is 32.1 Å². The SMILES string of the molecule is CC(C)Oc1ccc(S(=O)(=O)N2CCN(C(=O)C3CC3)CC2)cc1. The maximum atomic E-state index is 12.7. The third-order valence-electron chi connectivity index (χ3n) is 4.31. The smallest absolute Gasteiger partial charge is 0.243 e. The van der Waals surface area contributed by atoms with Gasteiger partial charge in [-0.15, -0.1) is 0 Å². The lowest BCUT2D eigenvalue weighted by Gasteiger charge is -2.34. The molecule has 1 amide bonds. The number of nitrogens with zero attached hydrogens (tertiary/aromatic N) is 2. The first kappa shape index (κ1) is 17.2. The van der Waals surface area contributed by atoms with Gasteiger partial charge in [0.15, 0.2) is 0 Å². The van der Waals surface area contributed by atoms with Crippen molar-refractivity contribution in [1.29, 1.82) is 0 Å². The molecular formula is C17H24N2O4S. The van der Waals surface area contributed by atoms with Crippen LogP contribution in [-0.2, 0) is 14.8 Å². The van der Waals surface area contributed by atoms with Gasteiger partial charge in [-0.3, -0.25) is 4.79 Å². The fraction of sp³-hybridized carbons (Fsp3) is 0.588. The van der Waals surface area contributed by atoms with Crippen LogP contribution in [0.3, 0.4) is 0 Å². The monoisotopic (exact) mass is 352 g/mol. The van der Waals surface area contributed by atoms with Crippen molar-refractivity contribution in [2.45, 2.75) is 37.7 Å². The number of amides is 1. The van der Waals surface area contributed by atoms with Crippen LogP contribution in [0.2, 0.25) is 0 Å². The molecule has 0 N–H and O–H groups in total. The summed E-state index contributed by atoms with van der Waals surface area (Å²) in [6, 6.07) is 6.52. The third kappa shape index (κ3) is 3.72. The summed E-state index contributed by atoms with van der Waals surface area (Å²) in [5.41, 5.74) is 0. The molecule has 3 rings (SSSR count). The van der Waals surface area contributed by atoms with Crippen LogP contribution >= 0.6 is 0 Å². The van der Waals surface area contributed by atoms with Crippen LogP contribution in [0.25, 0.3) is 0 Å². The second-order valence-electron chi connectivity index (χ2n) is 6.64. The summed E-state index contributed by atoms with van der Waals surface area (Å²) in [4.78, 5) is 14.1. The van der Waals surface area contributed by atoms with Crippen LogP contribution in [0.1, 0.15) is 26.7 Å². The molecule has 0 radical (unpaired) electrons. The molecule has 1 saturated heterocycles. The molecule has 2 aliphatic rings. The zero-order chi connectivity index (χ0) is 17.3. The lowest BCUT2D eigenvalue weighted by atomic mass is 10.3. The summed E-state index contributed by atoms with van der Waals surface area (Å²) in [6.45, 7) is 5.50. The Kier molecular flexibility index (Phi) is 4.83. The highest BCUT2D eigenvalue weighted by atomic mass is 32.2. The third-order valence-corrected chi connectivity index (χ3v) is 6.22. The molecule has 0 spiro atoms. The van der Waals surface area contributed by atoms with Gasteiger partial charge in [-0.2, -0.15) is 4.31 Å². The molecular weight excluding hydrogens is 328 g/mol. The molecule has 1 aromatic carbocycles. The van der Waals surface area contributed by atoms with E-state index in [-0.39, 0.29) is 22.8 Å². The summed E-state index contributed by atoms with van der Waals surface area (Å²) >= 11 is 0. The first-order chi connectivity index (χ1) is 11.4. The summed E-state index contributed by atoms with van der Waals surface area (Å²) in [5, 5.41) is 0. The first-order valence-electron chi connectivity index (χ1n) is 8.43.